The van der Waals surface area contributed by atoms with Gasteiger partial charge in [-0.3, -0.25) is 10.1 Å². The van der Waals surface area contributed by atoms with Gasteiger partial charge in [-0.05, 0) is 30.7 Å². The number of rotatable bonds is 4. The molecular formula is C14H11NO5. The lowest BCUT2D eigenvalue weighted by Gasteiger charge is -2.07. The zero-order chi connectivity index (χ0) is 14.7. The van der Waals surface area contributed by atoms with Crippen molar-refractivity contribution in [2.45, 2.75) is 6.92 Å². The van der Waals surface area contributed by atoms with Gasteiger partial charge in [0.15, 0.2) is 0 Å². The normalized spacial score (nSPS) is 10.1. The Morgan fingerprint density at radius 3 is 2.60 bits per heavy atom. The van der Waals surface area contributed by atoms with E-state index >= 15 is 0 Å². The summed E-state index contributed by atoms with van der Waals surface area (Å²) in [6, 6.07) is 10.4. The first-order valence-corrected chi connectivity index (χ1v) is 5.73. The third kappa shape index (κ3) is 2.92. The second-order valence-electron chi connectivity index (χ2n) is 4.16. The molecule has 6 heteroatoms. The Kier molecular flexibility index (Phi) is 3.65. The molecule has 0 bridgehead atoms. The highest BCUT2D eigenvalue weighted by atomic mass is 16.6. The third-order valence-corrected chi connectivity index (χ3v) is 2.62. The second kappa shape index (κ2) is 5.40. The number of nitro groups is 1. The Morgan fingerprint density at radius 1 is 1.25 bits per heavy atom. The van der Waals surface area contributed by atoms with Crippen LogP contribution in [0.4, 0.5) is 5.69 Å². The monoisotopic (exact) mass is 273 g/mol. The van der Waals surface area contributed by atoms with Gasteiger partial charge in [0.25, 0.3) is 0 Å². The molecule has 0 radical (unpaired) electrons. The summed E-state index contributed by atoms with van der Waals surface area (Å²) >= 11 is 0. The van der Waals surface area contributed by atoms with E-state index in [1.165, 1.54) is 6.07 Å². The highest BCUT2D eigenvalue weighted by molar-refractivity contribution is 5.88. The SMILES string of the molecule is Cc1cccc(Oc2cc(C(=O)O)ccc2[N+](=O)[O-])c1. The smallest absolute Gasteiger partial charge is 0.335 e. The summed E-state index contributed by atoms with van der Waals surface area (Å²) in [5, 5.41) is 19.9. The van der Waals surface area contributed by atoms with Crippen LogP contribution in [0.2, 0.25) is 0 Å². The fourth-order valence-corrected chi connectivity index (χ4v) is 1.69. The lowest BCUT2D eigenvalue weighted by Crippen LogP contribution is -1.99. The summed E-state index contributed by atoms with van der Waals surface area (Å²) in [5.74, 6) is -0.856. The molecule has 0 aliphatic heterocycles. The third-order valence-electron chi connectivity index (χ3n) is 2.62. The predicted octanol–water partition coefficient (Wildman–Crippen LogP) is 3.39. The van der Waals surface area contributed by atoms with Crippen molar-refractivity contribution in [3.05, 3.63) is 63.7 Å². The van der Waals surface area contributed by atoms with Crippen molar-refractivity contribution in [3.8, 4) is 11.5 Å². The van der Waals surface area contributed by atoms with Crippen LogP contribution in [0.25, 0.3) is 0 Å². The van der Waals surface area contributed by atoms with E-state index in [0.717, 1.165) is 17.7 Å². The number of aryl methyl sites for hydroxylation is 1. The van der Waals surface area contributed by atoms with E-state index < -0.39 is 10.9 Å². The minimum absolute atomic E-state index is 0.0711. The van der Waals surface area contributed by atoms with Gasteiger partial charge in [-0.2, -0.15) is 0 Å². The van der Waals surface area contributed by atoms with Crippen molar-refractivity contribution in [1.29, 1.82) is 0 Å². The van der Waals surface area contributed by atoms with Crippen molar-refractivity contribution in [1.82, 2.24) is 0 Å². The van der Waals surface area contributed by atoms with Crippen molar-refractivity contribution >= 4 is 11.7 Å². The first-order valence-electron chi connectivity index (χ1n) is 5.73. The maximum absolute atomic E-state index is 10.9. The topological polar surface area (TPSA) is 89.7 Å². The number of benzene rings is 2. The fraction of sp³-hybridized carbons (Fsp3) is 0.0714. The summed E-state index contributed by atoms with van der Waals surface area (Å²) in [6.45, 7) is 1.86. The number of nitrogens with zero attached hydrogens (tertiary/aromatic N) is 1. The Hall–Kier alpha value is -2.89. The molecule has 0 spiro atoms. The largest absolute Gasteiger partial charge is 0.478 e. The minimum Gasteiger partial charge on any atom is -0.478 e. The van der Waals surface area contributed by atoms with Crippen LogP contribution in [-0.4, -0.2) is 16.0 Å². The Bertz CT molecular complexity index is 681. The molecule has 0 saturated carbocycles. The van der Waals surface area contributed by atoms with Gasteiger partial charge in [0.2, 0.25) is 5.75 Å². The summed E-state index contributed by atoms with van der Waals surface area (Å²) in [7, 11) is 0. The number of nitro benzene ring substituents is 1. The number of hydrogen-bond donors (Lipinski definition) is 1. The van der Waals surface area contributed by atoms with Crippen LogP contribution in [0.1, 0.15) is 15.9 Å². The van der Waals surface area contributed by atoms with Crippen molar-refractivity contribution < 1.29 is 19.6 Å². The molecule has 2 aromatic carbocycles. The van der Waals surface area contributed by atoms with Crippen LogP contribution in [0, 0.1) is 17.0 Å². The average molecular weight is 273 g/mol. The Labute approximate surface area is 114 Å². The molecule has 20 heavy (non-hydrogen) atoms. The highest BCUT2D eigenvalue weighted by Crippen LogP contribution is 2.32. The van der Waals surface area contributed by atoms with E-state index in [0.29, 0.717) is 5.75 Å². The molecule has 0 heterocycles. The van der Waals surface area contributed by atoms with Gasteiger partial charge in [-0.15, -0.1) is 0 Å². The molecular weight excluding hydrogens is 262 g/mol. The van der Waals surface area contributed by atoms with Gasteiger partial charge >= 0.3 is 11.7 Å². The van der Waals surface area contributed by atoms with E-state index in [-0.39, 0.29) is 17.0 Å². The molecule has 0 saturated heterocycles. The molecule has 0 atom stereocenters. The molecule has 0 aliphatic carbocycles. The molecule has 102 valence electrons. The molecule has 1 N–H and O–H groups in total. The standard InChI is InChI=1S/C14H11NO5/c1-9-3-2-4-11(7-9)20-13-8-10(14(16)17)5-6-12(13)15(18)19/h2-8H,1H3,(H,16,17). The van der Waals surface area contributed by atoms with Crippen molar-refractivity contribution in [2.24, 2.45) is 0 Å². The van der Waals surface area contributed by atoms with Crippen LogP contribution < -0.4 is 4.74 Å². The zero-order valence-corrected chi connectivity index (χ0v) is 10.6. The zero-order valence-electron chi connectivity index (χ0n) is 10.6. The maximum Gasteiger partial charge on any atom is 0.335 e. The quantitative estimate of drug-likeness (QED) is 0.681. The molecule has 0 amide bonds. The van der Waals surface area contributed by atoms with Gasteiger partial charge in [0.05, 0.1) is 10.5 Å². The molecule has 0 fully saturated rings. The molecule has 0 aliphatic rings. The van der Waals surface area contributed by atoms with E-state index in [1.54, 1.807) is 18.2 Å². The van der Waals surface area contributed by atoms with Crippen LogP contribution in [0.15, 0.2) is 42.5 Å². The first-order chi connectivity index (χ1) is 9.47. The van der Waals surface area contributed by atoms with Gasteiger partial charge in [0.1, 0.15) is 5.75 Å². The van der Waals surface area contributed by atoms with Crippen LogP contribution in [-0.2, 0) is 0 Å². The van der Waals surface area contributed by atoms with Gasteiger partial charge < -0.3 is 9.84 Å². The van der Waals surface area contributed by atoms with Gasteiger partial charge in [-0.25, -0.2) is 4.79 Å². The van der Waals surface area contributed by atoms with Crippen molar-refractivity contribution in [2.75, 3.05) is 0 Å². The van der Waals surface area contributed by atoms with E-state index in [9.17, 15) is 14.9 Å². The summed E-state index contributed by atoms with van der Waals surface area (Å²) in [4.78, 5) is 21.2. The Balaban J connectivity index is 2.44. The van der Waals surface area contributed by atoms with Gasteiger partial charge in [0, 0.05) is 12.1 Å². The van der Waals surface area contributed by atoms with E-state index in [2.05, 4.69) is 0 Å². The van der Waals surface area contributed by atoms with E-state index in [1.807, 2.05) is 13.0 Å². The molecule has 0 unspecified atom stereocenters. The van der Waals surface area contributed by atoms with Crippen LogP contribution in [0.3, 0.4) is 0 Å². The lowest BCUT2D eigenvalue weighted by molar-refractivity contribution is -0.385. The highest BCUT2D eigenvalue weighted by Gasteiger charge is 2.18. The number of carbonyl (C=O) groups is 1. The number of carboxylic acids is 1. The van der Waals surface area contributed by atoms with Crippen LogP contribution >= 0.6 is 0 Å². The van der Waals surface area contributed by atoms with Crippen LogP contribution in [0.5, 0.6) is 11.5 Å². The molecule has 2 rings (SSSR count). The number of aromatic carboxylic acids is 1. The maximum atomic E-state index is 10.9. The molecule has 6 nitrogen and oxygen atoms in total. The van der Waals surface area contributed by atoms with E-state index in [4.69, 9.17) is 9.84 Å². The first kappa shape index (κ1) is 13.5. The summed E-state index contributed by atoms with van der Waals surface area (Å²) < 4.78 is 5.44. The second-order valence-corrected chi connectivity index (χ2v) is 4.16. The fourth-order valence-electron chi connectivity index (χ4n) is 1.69. The number of hydrogen-bond acceptors (Lipinski definition) is 4. The minimum atomic E-state index is -1.17. The van der Waals surface area contributed by atoms with Gasteiger partial charge in [-0.1, -0.05) is 12.1 Å². The predicted molar refractivity (Wildman–Crippen MR) is 71.3 cm³/mol. The lowest BCUT2D eigenvalue weighted by atomic mass is 10.2. The average Bonchev–Trinajstić information content (AvgIpc) is 2.38. The number of ether oxygens (including phenoxy) is 1. The summed E-state index contributed by atoms with van der Waals surface area (Å²) in [5.41, 5.74) is 0.578. The number of carboxylic acid groups (broad SMARTS) is 1. The summed E-state index contributed by atoms with van der Waals surface area (Å²) in [6.07, 6.45) is 0. The molecule has 2 aromatic rings. The Morgan fingerprint density at radius 2 is 2.00 bits per heavy atom. The molecule has 0 aromatic heterocycles. The van der Waals surface area contributed by atoms with Crippen molar-refractivity contribution in [3.63, 3.8) is 0 Å².